The summed E-state index contributed by atoms with van der Waals surface area (Å²) in [7, 11) is 0. The Morgan fingerprint density at radius 1 is 0.976 bits per heavy atom. The van der Waals surface area contributed by atoms with Crippen molar-refractivity contribution in [1.29, 1.82) is 0 Å². The van der Waals surface area contributed by atoms with Crippen LogP contribution in [0.2, 0.25) is 0 Å². The number of fused-ring (bicyclic) bond motifs is 1. The van der Waals surface area contributed by atoms with Gasteiger partial charge >= 0.3 is 6.09 Å². The molecule has 2 heterocycles. The van der Waals surface area contributed by atoms with Crippen molar-refractivity contribution in [2.24, 2.45) is 5.92 Å². The van der Waals surface area contributed by atoms with Gasteiger partial charge in [0.1, 0.15) is 18.2 Å². The van der Waals surface area contributed by atoms with E-state index in [9.17, 15) is 19.2 Å². The number of alkyl carbamates (subject to hydrolysis) is 1. The maximum Gasteiger partial charge on any atom is 0.408 e. The van der Waals surface area contributed by atoms with Crippen LogP contribution in [0.3, 0.4) is 0 Å². The predicted octanol–water partition coefficient (Wildman–Crippen LogP) is 3.84. The van der Waals surface area contributed by atoms with Gasteiger partial charge in [0.15, 0.2) is 0 Å². The van der Waals surface area contributed by atoms with Gasteiger partial charge in [-0.05, 0) is 57.7 Å². The zero-order valence-electron chi connectivity index (χ0n) is 24.7. The molecule has 10 heteroatoms. The number of H-pyrrole nitrogens is 1. The maximum absolute atomic E-state index is 13.5. The molecule has 1 fully saturated rings. The topological polar surface area (TPSA) is 133 Å². The number of hydrogen-bond acceptors (Lipinski definition) is 5. The molecule has 4 rings (SSSR count). The minimum atomic E-state index is -0.777. The van der Waals surface area contributed by atoms with E-state index >= 15 is 0 Å². The molecule has 1 saturated heterocycles. The number of ether oxygens (including phenoxy) is 1. The lowest BCUT2D eigenvalue weighted by Crippen LogP contribution is -2.52. The number of nitrogens with zero attached hydrogens (tertiary/aromatic N) is 1. The average Bonchev–Trinajstić information content (AvgIpc) is 3.37. The minimum absolute atomic E-state index is 0.168. The molecule has 0 unspecified atom stereocenters. The molecule has 0 aliphatic carbocycles. The van der Waals surface area contributed by atoms with Crippen molar-refractivity contribution in [3.05, 3.63) is 71.9 Å². The molecule has 0 bridgehead atoms. The Hall–Kier alpha value is -4.34. The highest BCUT2D eigenvalue weighted by Crippen LogP contribution is 2.22. The fourth-order valence-corrected chi connectivity index (χ4v) is 5.12. The number of aromatic nitrogens is 1. The van der Waals surface area contributed by atoms with E-state index in [-0.39, 0.29) is 36.2 Å². The third kappa shape index (κ3) is 8.34. The van der Waals surface area contributed by atoms with Gasteiger partial charge in [-0.15, -0.1) is 0 Å². The van der Waals surface area contributed by atoms with Crippen LogP contribution in [0.1, 0.15) is 57.7 Å². The van der Waals surface area contributed by atoms with Crippen molar-refractivity contribution < 1.29 is 23.9 Å². The second-order valence-electron chi connectivity index (χ2n) is 11.8. The van der Waals surface area contributed by atoms with Crippen LogP contribution < -0.4 is 16.0 Å². The van der Waals surface area contributed by atoms with Crippen LogP contribution in [-0.2, 0) is 25.5 Å². The van der Waals surface area contributed by atoms with Crippen molar-refractivity contribution in [3.63, 3.8) is 0 Å². The Morgan fingerprint density at radius 3 is 2.33 bits per heavy atom. The Labute approximate surface area is 246 Å². The molecule has 2 aromatic carbocycles. The van der Waals surface area contributed by atoms with Gasteiger partial charge in [-0.25, -0.2) is 4.79 Å². The molecule has 10 nitrogen and oxygen atoms in total. The molecule has 0 spiro atoms. The fraction of sp³-hybridized carbons (Fsp3) is 0.438. The van der Waals surface area contributed by atoms with Crippen molar-refractivity contribution >= 4 is 34.7 Å². The zero-order valence-corrected chi connectivity index (χ0v) is 24.7. The molecule has 1 aliphatic rings. The van der Waals surface area contributed by atoms with E-state index in [0.29, 0.717) is 32.4 Å². The molecule has 1 aliphatic heterocycles. The van der Waals surface area contributed by atoms with Crippen molar-refractivity contribution in [1.82, 2.24) is 25.8 Å². The van der Waals surface area contributed by atoms with Crippen LogP contribution in [0.25, 0.3) is 10.9 Å². The van der Waals surface area contributed by atoms with E-state index in [4.69, 9.17) is 4.74 Å². The predicted molar refractivity (Wildman–Crippen MR) is 160 cm³/mol. The van der Waals surface area contributed by atoms with Crippen molar-refractivity contribution in [2.75, 3.05) is 19.6 Å². The van der Waals surface area contributed by atoms with Crippen LogP contribution in [0.5, 0.6) is 0 Å². The van der Waals surface area contributed by atoms with Crippen LogP contribution in [-0.4, -0.2) is 65.0 Å². The van der Waals surface area contributed by atoms with E-state index in [1.807, 2.05) is 67.7 Å². The number of piperidine rings is 1. The molecule has 224 valence electrons. The Morgan fingerprint density at radius 2 is 1.64 bits per heavy atom. The maximum atomic E-state index is 13.5. The molecular weight excluding hydrogens is 534 g/mol. The smallest absolute Gasteiger partial charge is 0.408 e. The van der Waals surface area contributed by atoms with Crippen LogP contribution in [0.4, 0.5) is 4.79 Å². The first kappa shape index (κ1) is 30.6. The number of benzene rings is 2. The number of rotatable bonds is 9. The van der Waals surface area contributed by atoms with Gasteiger partial charge in [0.2, 0.25) is 17.7 Å². The van der Waals surface area contributed by atoms with Crippen LogP contribution in [0, 0.1) is 5.92 Å². The number of amides is 4. The van der Waals surface area contributed by atoms with E-state index < -0.39 is 17.7 Å². The number of nitrogens with one attached hydrogen (secondary N) is 4. The summed E-state index contributed by atoms with van der Waals surface area (Å²) in [5.41, 5.74) is 2.23. The van der Waals surface area contributed by atoms with Gasteiger partial charge in [-0.1, -0.05) is 48.5 Å². The molecule has 4 amide bonds. The normalized spacial score (nSPS) is 15.5. The highest BCUT2D eigenvalue weighted by molar-refractivity contribution is 5.90. The van der Waals surface area contributed by atoms with Crippen molar-refractivity contribution in [3.8, 4) is 0 Å². The Kier molecular flexibility index (Phi) is 9.88. The quantitative estimate of drug-likeness (QED) is 0.308. The van der Waals surface area contributed by atoms with E-state index in [0.717, 1.165) is 22.0 Å². The molecule has 0 radical (unpaired) electrons. The summed E-state index contributed by atoms with van der Waals surface area (Å²) in [6, 6.07) is 16.5. The first-order chi connectivity index (χ1) is 20.0. The van der Waals surface area contributed by atoms with Gasteiger partial charge in [0, 0.05) is 42.5 Å². The number of carbonyl (C=O) groups excluding carboxylic acids is 4. The van der Waals surface area contributed by atoms with E-state index in [1.54, 1.807) is 25.7 Å². The Balaban J connectivity index is 1.37. The van der Waals surface area contributed by atoms with E-state index in [1.165, 1.54) is 0 Å². The lowest BCUT2D eigenvalue weighted by Gasteiger charge is -2.32. The van der Waals surface area contributed by atoms with Gasteiger partial charge in [0.05, 0.1) is 6.04 Å². The fourth-order valence-electron chi connectivity index (χ4n) is 5.12. The number of para-hydroxylation sites is 1. The average molecular weight is 576 g/mol. The summed E-state index contributed by atoms with van der Waals surface area (Å²) in [5.74, 6) is -1.03. The summed E-state index contributed by atoms with van der Waals surface area (Å²) < 4.78 is 5.18. The van der Waals surface area contributed by atoms with Crippen LogP contribution in [0.15, 0.2) is 60.8 Å². The number of aromatic amines is 1. The highest BCUT2D eigenvalue weighted by Gasteiger charge is 2.31. The largest absolute Gasteiger partial charge is 0.444 e. The molecule has 0 saturated carbocycles. The Bertz CT molecular complexity index is 1390. The molecule has 4 N–H and O–H groups in total. The first-order valence-electron chi connectivity index (χ1n) is 14.5. The summed E-state index contributed by atoms with van der Waals surface area (Å²) in [4.78, 5) is 56.3. The summed E-state index contributed by atoms with van der Waals surface area (Å²) in [6.45, 7) is 7.78. The second-order valence-corrected chi connectivity index (χ2v) is 11.8. The van der Waals surface area contributed by atoms with Gasteiger partial charge in [-0.3, -0.25) is 14.4 Å². The van der Waals surface area contributed by atoms with Crippen LogP contribution >= 0.6 is 0 Å². The molecule has 2 atom stereocenters. The summed E-state index contributed by atoms with van der Waals surface area (Å²) in [6.07, 6.45) is 2.49. The second kappa shape index (κ2) is 13.5. The van der Waals surface area contributed by atoms with Gasteiger partial charge < -0.3 is 30.6 Å². The zero-order chi connectivity index (χ0) is 30.3. The third-order valence-electron chi connectivity index (χ3n) is 7.39. The summed E-state index contributed by atoms with van der Waals surface area (Å²) in [5, 5.41) is 9.57. The van der Waals surface area contributed by atoms with E-state index in [2.05, 4.69) is 20.9 Å². The molecule has 42 heavy (non-hydrogen) atoms. The summed E-state index contributed by atoms with van der Waals surface area (Å²) >= 11 is 0. The number of likely N-dealkylation sites (tertiary alicyclic amines) is 1. The lowest BCUT2D eigenvalue weighted by molar-refractivity contribution is -0.136. The van der Waals surface area contributed by atoms with Gasteiger partial charge in [-0.2, -0.15) is 0 Å². The minimum Gasteiger partial charge on any atom is -0.444 e. The highest BCUT2D eigenvalue weighted by atomic mass is 16.6. The monoisotopic (exact) mass is 575 g/mol. The SMILES string of the molecule is C[C@@H](NC(=O)[C@H](Cc1c[nH]c2ccccc12)NC(=O)C1CCN(C(=O)CNC(=O)OC(C)(C)C)CC1)c1ccccc1. The lowest BCUT2D eigenvalue weighted by atomic mass is 9.94. The molecule has 1 aromatic heterocycles. The first-order valence-corrected chi connectivity index (χ1v) is 14.5. The standard InChI is InChI=1S/C32H41N5O5/c1-21(22-10-6-5-7-11-22)35-30(40)27(18-24-19-33-26-13-9-8-12-25(24)26)36-29(39)23-14-16-37(17-15-23)28(38)20-34-31(41)42-32(2,3)4/h5-13,19,21,23,27,33H,14-18,20H2,1-4H3,(H,34,41)(H,35,40)(H,36,39)/t21-,27+/m1/s1. The van der Waals surface area contributed by atoms with Gasteiger partial charge in [0.25, 0.3) is 0 Å². The molecular formula is C32H41N5O5. The number of hydrogen-bond donors (Lipinski definition) is 4. The number of carbonyl (C=O) groups is 4. The third-order valence-corrected chi connectivity index (χ3v) is 7.39. The molecule has 3 aromatic rings. The van der Waals surface area contributed by atoms with Crippen molar-refractivity contribution in [2.45, 2.75) is 64.6 Å².